The molecule has 1 fully saturated rings. The molecule has 0 radical (unpaired) electrons. The van der Waals surface area contributed by atoms with Crippen molar-refractivity contribution >= 4 is 33.4 Å². The lowest BCUT2D eigenvalue weighted by atomic mass is 10.0. The van der Waals surface area contributed by atoms with E-state index in [1.54, 1.807) is 12.2 Å². The van der Waals surface area contributed by atoms with Crippen LogP contribution < -0.4 is 11.4 Å². The van der Waals surface area contributed by atoms with Crippen molar-refractivity contribution in [3.63, 3.8) is 0 Å². The fraction of sp³-hybridized carbons (Fsp3) is 0.593. The highest BCUT2D eigenvalue weighted by Crippen LogP contribution is 2.60. The molecule has 2 heterocycles. The molecule has 0 amide bonds. The number of nitrogens with zero attached hydrogens (tertiary/aromatic N) is 2. The van der Waals surface area contributed by atoms with Gasteiger partial charge in [-0.25, -0.2) is 13.9 Å². The van der Waals surface area contributed by atoms with Crippen LogP contribution in [0.15, 0.2) is 114 Å². The van der Waals surface area contributed by atoms with Crippen LogP contribution in [0, 0.1) is 0 Å². The third-order valence-electron chi connectivity index (χ3n) is 11.4. The third kappa shape index (κ3) is 32.4. The van der Waals surface area contributed by atoms with Crippen molar-refractivity contribution in [2.45, 2.75) is 185 Å². The molecular weight excluding hydrogens is 1020 g/mol. The van der Waals surface area contributed by atoms with E-state index in [4.69, 9.17) is 29.0 Å². The number of rotatable bonds is 42. The largest absolute Gasteiger partial charge is 0.481 e. The molecule has 0 aromatic carbocycles. The van der Waals surface area contributed by atoms with E-state index in [9.17, 15) is 53.7 Å². The van der Waals surface area contributed by atoms with Crippen molar-refractivity contribution in [3.8, 4) is 0 Å². The first-order valence-electron chi connectivity index (χ1n) is 26.4. The topological polar surface area (TPSA) is 306 Å². The number of aromatic nitrogens is 2. The zero-order valence-electron chi connectivity index (χ0n) is 44.2. The van der Waals surface area contributed by atoms with Crippen molar-refractivity contribution in [1.82, 2.24) is 9.55 Å². The zero-order valence-corrected chi connectivity index (χ0v) is 46.0. The van der Waals surface area contributed by atoms with Gasteiger partial charge in [-0.05, 0) is 96.0 Å². The molecule has 428 valence electrons. The molecule has 4 unspecified atom stereocenters. The van der Waals surface area contributed by atoms with E-state index in [0.717, 1.165) is 49.3 Å². The molecule has 0 bridgehead atoms. The SMILES string of the molecule is CCCCC/C=C\C/C=C\C/C=C\C/C=C\C/C=C\CCC(=O)OC[C@H](COP(=O)(O)OP(=O)(O)OC[C@H]1O[C@@H](n2ccc(N)nc2=O)[C@H](O)[C@@H]1O)OC(=O)CCCC(O)C(O)C/C=C\C/C=C\C/C=C\CCCCC. The van der Waals surface area contributed by atoms with Gasteiger partial charge < -0.3 is 50.2 Å². The smallest absolute Gasteiger partial charge is 0.462 e. The summed E-state index contributed by atoms with van der Waals surface area (Å²) in [7, 11) is -11.0. The van der Waals surface area contributed by atoms with Crippen LogP contribution >= 0.6 is 15.6 Å². The first-order chi connectivity index (χ1) is 36.5. The van der Waals surface area contributed by atoms with Gasteiger partial charge in [-0.1, -0.05) is 137 Å². The van der Waals surface area contributed by atoms with Crippen LogP contribution in [0.25, 0.3) is 0 Å². The Labute approximate surface area is 448 Å². The number of anilines is 1. The summed E-state index contributed by atoms with van der Waals surface area (Å²) < 4.78 is 56.5. The molecule has 1 aliphatic heterocycles. The monoisotopic (exact) mass is 1110 g/mol. The molecule has 1 saturated heterocycles. The number of aliphatic hydroxyl groups excluding tert-OH is 4. The Balaban J connectivity index is 1.89. The van der Waals surface area contributed by atoms with Crippen molar-refractivity contribution in [3.05, 3.63) is 120 Å². The van der Waals surface area contributed by atoms with Gasteiger partial charge in [0.1, 0.15) is 30.7 Å². The number of esters is 2. The lowest BCUT2D eigenvalue weighted by molar-refractivity contribution is -0.161. The number of hydrogen-bond acceptors (Lipinski definition) is 17. The number of phosphoric ester groups is 2. The highest BCUT2D eigenvalue weighted by atomic mass is 31.3. The van der Waals surface area contributed by atoms with Gasteiger partial charge in [0.25, 0.3) is 0 Å². The van der Waals surface area contributed by atoms with Crippen LogP contribution in [0.2, 0.25) is 0 Å². The Morgan fingerprint density at radius 3 is 1.74 bits per heavy atom. The van der Waals surface area contributed by atoms with E-state index in [2.05, 4.69) is 77.8 Å². The summed E-state index contributed by atoms with van der Waals surface area (Å²) in [5.41, 5.74) is 4.56. The van der Waals surface area contributed by atoms with E-state index < -0.39 is 95.9 Å². The highest BCUT2D eigenvalue weighted by Gasteiger charge is 2.46. The second-order valence-electron chi connectivity index (χ2n) is 18.0. The molecule has 0 aliphatic carbocycles. The molecule has 9 atom stereocenters. The minimum atomic E-state index is -5.52. The Morgan fingerprint density at radius 1 is 0.684 bits per heavy atom. The Bertz CT molecular complexity index is 2190. The Hall–Kier alpha value is -4.40. The number of allylic oxidation sites excluding steroid dienone is 15. The van der Waals surface area contributed by atoms with Crippen LogP contribution in [-0.4, -0.2) is 108 Å². The lowest BCUT2D eigenvalue weighted by Gasteiger charge is -2.22. The first kappa shape index (κ1) is 67.7. The summed E-state index contributed by atoms with van der Waals surface area (Å²) in [4.78, 5) is 62.0. The number of hydrogen-bond donors (Lipinski definition) is 7. The quantitative estimate of drug-likeness (QED) is 0.0139. The minimum Gasteiger partial charge on any atom is -0.462 e. The molecule has 0 spiro atoms. The Kier molecular flexibility index (Phi) is 36.3. The molecule has 1 aromatic rings. The summed E-state index contributed by atoms with van der Waals surface area (Å²) in [6.45, 7) is 1.74. The molecular formula is C54H85N3O17P2. The van der Waals surface area contributed by atoms with Gasteiger partial charge in [0.2, 0.25) is 0 Å². The number of nitrogens with two attached hydrogens (primary N) is 1. The van der Waals surface area contributed by atoms with Crippen LogP contribution in [-0.2, 0) is 46.3 Å². The summed E-state index contributed by atoms with van der Waals surface area (Å²) in [5, 5.41) is 41.9. The highest BCUT2D eigenvalue weighted by molar-refractivity contribution is 7.61. The average molecular weight is 1110 g/mol. The standard InChI is InChI=1S/C54H85N3O17P2/c1-3-5-7-9-11-13-15-17-18-19-20-21-22-23-25-27-29-31-33-37-49(60)69-41-44(72-50(61)38-34-36-46(59)45(58)35-32-30-28-26-24-16-14-12-10-8-6-4-2)42-70-75(65,66)74-76(67,68)71-43-47-51(62)52(63)53(73-47)57-40-39-48(55)56-54(57)64/h11-14,17-18,20-21,23-26,29-32,39-40,44-47,51-53,58-59,62-63H,3-10,15-16,19,22,27-28,33-38,41-43H2,1-2H3,(H,65,66)(H,67,68)(H2,55,56,64)/b13-11-,14-12-,18-17-,21-20-,25-23-,26-24-,31-29-,32-30-/t44-,45?,46?,47-,51-,52-,53-/m1/s1. The van der Waals surface area contributed by atoms with E-state index in [1.165, 1.54) is 44.6 Å². The van der Waals surface area contributed by atoms with Gasteiger partial charge in [-0.3, -0.25) is 23.2 Å². The maximum Gasteiger partial charge on any atom is 0.481 e. The fourth-order valence-electron chi connectivity index (χ4n) is 7.10. The van der Waals surface area contributed by atoms with Crippen molar-refractivity contribution in [1.29, 1.82) is 0 Å². The summed E-state index contributed by atoms with van der Waals surface area (Å²) in [5.74, 6) is -1.71. The molecule has 2 rings (SSSR count). The summed E-state index contributed by atoms with van der Waals surface area (Å²) in [6, 6.07) is 1.23. The number of aliphatic hydroxyl groups is 4. The van der Waals surface area contributed by atoms with E-state index in [0.29, 0.717) is 19.3 Å². The predicted octanol–water partition coefficient (Wildman–Crippen LogP) is 9.16. The molecule has 8 N–H and O–H groups in total. The van der Waals surface area contributed by atoms with Gasteiger partial charge in [0.05, 0.1) is 25.4 Å². The number of phosphoric acid groups is 2. The summed E-state index contributed by atoms with van der Waals surface area (Å²) in [6.07, 6.45) is 38.0. The second-order valence-corrected chi connectivity index (χ2v) is 21.0. The van der Waals surface area contributed by atoms with Crippen LogP contribution in [0.5, 0.6) is 0 Å². The first-order valence-corrected chi connectivity index (χ1v) is 29.4. The van der Waals surface area contributed by atoms with Gasteiger partial charge in [0.15, 0.2) is 12.3 Å². The molecule has 22 heteroatoms. The van der Waals surface area contributed by atoms with Crippen molar-refractivity contribution in [2.75, 3.05) is 25.6 Å². The maximum atomic E-state index is 12.9. The zero-order chi connectivity index (χ0) is 55.9. The number of unbranched alkanes of at least 4 members (excludes halogenated alkanes) is 6. The number of carbonyl (C=O) groups is 2. The van der Waals surface area contributed by atoms with Gasteiger partial charge >= 0.3 is 33.3 Å². The van der Waals surface area contributed by atoms with E-state index in [-0.39, 0.29) is 37.9 Å². The normalized spacial score (nSPS) is 20.3. The maximum absolute atomic E-state index is 12.9. The number of carbonyl (C=O) groups excluding carboxylic acids is 2. The lowest BCUT2D eigenvalue weighted by Crippen LogP contribution is -2.36. The summed E-state index contributed by atoms with van der Waals surface area (Å²) >= 11 is 0. The van der Waals surface area contributed by atoms with Crippen molar-refractivity contribution < 1.29 is 76.5 Å². The van der Waals surface area contributed by atoms with E-state index in [1.807, 2.05) is 30.4 Å². The second kappa shape index (κ2) is 40.8. The van der Waals surface area contributed by atoms with Gasteiger partial charge in [-0.2, -0.15) is 9.29 Å². The minimum absolute atomic E-state index is 0.0196. The van der Waals surface area contributed by atoms with Crippen LogP contribution in [0.1, 0.15) is 148 Å². The van der Waals surface area contributed by atoms with E-state index >= 15 is 0 Å². The number of ether oxygens (including phenoxy) is 3. The number of nitrogen functional groups attached to an aromatic ring is 1. The third-order valence-corrected chi connectivity index (χ3v) is 14.0. The molecule has 1 aliphatic rings. The molecule has 76 heavy (non-hydrogen) atoms. The van der Waals surface area contributed by atoms with Crippen LogP contribution in [0.3, 0.4) is 0 Å². The Morgan fingerprint density at radius 2 is 1.20 bits per heavy atom. The fourth-order valence-corrected chi connectivity index (χ4v) is 9.21. The molecule has 20 nitrogen and oxygen atoms in total. The van der Waals surface area contributed by atoms with Gasteiger partial charge in [-0.15, -0.1) is 0 Å². The predicted molar refractivity (Wildman–Crippen MR) is 291 cm³/mol. The molecule has 1 aromatic heterocycles. The van der Waals surface area contributed by atoms with Crippen LogP contribution in [0.4, 0.5) is 5.82 Å². The van der Waals surface area contributed by atoms with Gasteiger partial charge in [0, 0.05) is 19.0 Å². The van der Waals surface area contributed by atoms with Crippen molar-refractivity contribution in [2.24, 2.45) is 0 Å². The molecule has 0 saturated carbocycles. The average Bonchev–Trinajstić information content (AvgIpc) is 3.65.